The SMILES string of the molecule is CON(C)Cc1cc(C(=O)NOCCO)c(NC2=C(F)C=IC=C2)c(F)c1F. The van der Waals surface area contributed by atoms with E-state index in [4.69, 9.17) is 14.8 Å². The van der Waals surface area contributed by atoms with E-state index in [9.17, 15) is 18.0 Å². The molecule has 0 saturated carbocycles. The second-order valence-electron chi connectivity index (χ2n) is 5.47. The van der Waals surface area contributed by atoms with Crippen LogP contribution in [0, 0.1) is 11.6 Å². The Morgan fingerprint density at radius 2 is 2.07 bits per heavy atom. The quantitative estimate of drug-likeness (QED) is 0.268. The smallest absolute Gasteiger partial charge is 0.277 e. The average molecular weight is 513 g/mol. The fourth-order valence-corrected chi connectivity index (χ4v) is 3.61. The number of carbonyl (C=O) groups is 1. The van der Waals surface area contributed by atoms with Crippen LogP contribution in [0.3, 0.4) is 0 Å². The molecule has 2 rings (SSSR count). The number of hydroxylamine groups is 3. The first-order valence-corrected chi connectivity index (χ1v) is 10.5. The van der Waals surface area contributed by atoms with Crippen LogP contribution in [0.15, 0.2) is 27.7 Å². The molecule has 1 heterocycles. The normalized spacial score (nSPS) is 13.7. The lowest BCUT2D eigenvalue weighted by molar-refractivity contribution is -0.117. The zero-order valence-electron chi connectivity index (χ0n) is 15.1. The number of amides is 1. The zero-order valence-corrected chi connectivity index (χ0v) is 17.2. The first kappa shape index (κ1) is 22.5. The summed E-state index contributed by atoms with van der Waals surface area (Å²) in [6.07, 6.45) is 1.41. The lowest BCUT2D eigenvalue weighted by atomic mass is 10.1. The van der Waals surface area contributed by atoms with Crippen molar-refractivity contribution in [2.24, 2.45) is 0 Å². The third-order valence-corrected chi connectivity index (χ3v) is 5.25. The summed E-state index contributed by atoms with van der Waals surface area (Å²) in [4.78, 5) is 22.1. The Balaban J connectivity index is 2.48. The van der Waals surface area contributed by atoms with Gasteiger partial charge in [0, 0.05) is 16.6 Å². The van der Waals surface area contributed by atoms with Gasteiger partial charge in [-0.1, -0.05) is 20.7 Å². The van der Waals surface area contributed by atoms with E-state index in [-0.39, 0.29) is 36.6 Å². The summed E-state index contributed by atoms with van der Waals surface area (Å²) in [6.45, 7) is -0.695. The number of rotatable bonds is 9. The fraction of sp³-hybridized carbons (Fsp3) is 0.294. The van der Waals surface area contributed by atoms with Gasteiger partial charge < -0.3 is 15.3 Å². The van der Waals surface area contributed by atoms with Gasteiger partial charge in [0.15, 0.2) is 17.5 Å². The van der Waals surface area contributed by atoms with E-state index in [1.807, 2.05) is 5.48 Å². The van der Waals surface area contributed by atoms with Crippen LogP contribution in [0.2, 0.25) is 0 Å². The number of aliphatic hydroxyl groups is 1. The Morgan fingerprint density at radius 1 is 1.32 bits per heavy atom. The molecule has 0 unspecified atom stereocenters. The van der Waals surface area contributed by atoms with E-state index in [0.717, 1.165) is 6.07 Å². The van der Waals surface area contributed by atoms with Crippen molar-refractivity contribution in [2.75, 3.05) is 32.7 Å². The van der Waals surface area contributed by atoms with Crippen molar-refractivity contribution in [3.8, 4) is 0 Å². The van der Waals surface area contributed by atoms with E-state index in [0.29, 0.717) is 0 Å². The van der Waals surface area contributed by atoms with Gasteiger partial charge in [-0.3, -0.25) is 9.63 Å². The van der Waals surface area contributed by atoms with Crippen molar-refractivity contribution < 1.29 is 32.7 Å². The molecule has 1 aromatic carbocycles. The number of benzene rings is 1. The summed E-state index contributed by atoms with van der Waals surface area (Å²) in [7, 11) is 2.85. The number of allylic oxidation sites excluding steroid dienone is 2. The Hall–Kier alpha value is -1.80. The monoisotopic (exact) mass is 513 g/mol. The molecule has 1 aliphatic heterocycles. The topological polar surface area (TPSA) is 83.1 Å². The number of nitrogens with zero attached hydrogens (tertiary/aromatic N) is 1. The number of nitrogens with one attached hydrogen (secondary N) is 2. The molecule has 1 amide bonds. The van der Waals surface area contributed by atoms with E-state index >= 15 is 0 Å². The van der Waals surface area contributed by atoms with E-state index in [1.54, 1.807) is 4.08 Å². The van der Waals surface area contributed by atoms with Gasteiger partial charge in [0.25, 0.3) is 5.91 Å². The standard InChI is InChI=1S/C17H19F3IN3O4/c1-24(27-2)9-10-7-11(17(26)23-28-6-5-25)16(15(20)14(10)19)22-13-3-4-21-8-12(13)18/h3-4,7-8,22,25H,5-6,9H2,1-2H3,(H,23,26). The van der Waals surface area contributed by atoms with Crippen LogP contribution >= 0.6 is 20.7 Å². The van der Waals surface area contributed by atoms with Gasteiger partial charge in [-0.2, -0.15) is 5.06 Å². The maximum Gasteiger partial charge on any atom is 0.277 e. The third kappa shape index (κ3) is 5.61. The first-order chi connectivity index (χ1) is 13.4. The summed E-state index contributed by atoms with van der Waals surface area (Å²) < 4.78 is 46.4. The van der Waals surface area contributed by atoms with E-state index in [2.05, 4.69) is 5.32 Å². The number of anilines is 1. The zero-order chi connectivity index (χ0) is 20.7. The summed E-state index contributed by atoms with van der Waals surface area (Å²) in [6, 6.07) is 1.12. The predicted octanol–water partition coefficient (Wildman–Crippen LogP) is 2.50. The van der Waals surface area contributed by atoms with Crippen LogP contribution in [0.5, 0.6) is 0 Å². The number of hydrogen-bond acceptors (Lipinski definition) is 6. The Labute approximate surface area is 169 Å². The predicted molar refractivity (Wildman–Crippen MR) is 106 cm³/mol. The molecule has 1 aliphatic rings. The largest absolute Gasteiger partial charge is 0.394 e. The van der Waals surface area contributed by atoms with Crippen molar-refractivity contribution >= 4 is 36.3 Å². The average Bonchev–Trinajstić information content (AvgIpc) is 2.68. The molecule has 0 fully saturated rings. The molecule has 0 spiro atoms. The second kappa shape index (κ2) is 10.7. The molecular weight excluding hydrogens is 494 g/mol. The van der Waals surface area contributed by atoms with Crippen LogP contribution in [0.25, 0.3) is 0 Å². The number of halogens is 4. The van der Waals surface area contributed by atoms with Gasteiger partial charge in [-0.15, -0.1) is 0 Å². The molecule has 0 bridgehead atoms. The van der Waals surface area contributed by atoms with Crippen LogP contribution < -0.4 is 10.8 Å². The van der Waals surface area contributed by atoms with Crippen LogP contribution in [0.4, 0.5) is 18.9 Å². The van der Waals surface area contributed by atoms with Gasteiger partial charge in [0.05, 0.1) is 43.8 Å². The minimum atomic E-state index is -1.34. The maximum atomic E-state index is 14.8. The molecule has 11 heteroatoms. The second-order valence-corrected chi connectivity index (χ2v) is 7.53. The molecule has 0 saturated heterocycles. The van der Waals surface area contributed by atoms with Crippen LogP contribution in [-0.4, -0.2) is 47.5 Å². The highest BCUT2D eigenvalue weighted by Gasteiger charge is 2.24. The van der Waals surface area contributed by atoms with Crippen molar-refractivity contribution in [2.45, 2.75) is 6.54 Å². The summed E-state index contributed by atoms with van der Waals surface area (Å²) in [5.74, 6) is -4.05. The minimum Gasteiger partial charge on any atom is -0.394 e. The molecule has 154 valence electrons. The highest BCUT2D eigenvalue weighted by atomic mass is 127. The van der Waals surface area contributed by atoms with Crippen LogP contribution in [0.1, 0.15) is 15.9 Å². The van der Waals surface area contributed by atoms with Crippen molar-refractivity contribution in [1.29, 1.82) is 0 Å². The number of aliphatic hydroxyl groups excluding tert-OH is 1. The van der Waals surface area contributed by atoms with Gasteiger partial charge in [-0.05, 0) is 16.2 Å². The number of hydrogen-bond donors (Lipinski definition) is 3. The highest BCUT2D eigenvalue weighted by Crippen LogP contribution is 2.30. The highest BCUT2D eigenvalue weighted by molar-refractivity contribution is 14.2. The fourth-order valence-electron chi connectivity index (χ4n) is 2.18. The number of carbonyl (C=O) groups excluding carboxylic acids is 1. The summed E-state index contributed by atoms with van der Waals surface area (Å²) >= 11 is -0.581. The molecule has 0 atom stereocenters. The van der Waals surface area contributed by atoms with Crippen molar-refractivity contribution in [1.82, 2.24) is 10.5 Å². The van der Waals surface area contributed by atoms with E-state index < -0.39 is 49.8 Å². The minimum absolute atomic E-state index is 0.0867. The Morgan fingerprint density at radius 3 is 2.71 bits per heavy atom. The van der Waals surface area contributed by atoms with Gasteiger partial charge >= 0.3 is 0 Å². The summed E-state index contributed by atoms with van der Waals surface area (Å²) in [5, 5.41) is 12.4. The van der Waals surface area contributed by atoms with Crippen molar-refractivity contribution in [3.05, 3.63) is 50.5 Å². The van der Waals surface area contributed by atoms with Crippen LogP contribution in [-0.2, 0) is 16.2 Å². The van der Waals surface area contributed by atoms with Gasteiger partial charge in [-0.25, -0.2) is 18.7 Å². The molecule has 0 aliphatic carbocycles. The molecule has 0 radical (unpaired) electrons. The molecule has 7 nitrogen and oxygen atoms in total. The Kier molecular flexibility index (Phi) is 8.57. The molecular formula is C17H19F3IN3O4. The molecule has 1 aromatic rings. The maximum absolute atomic E-state index is 14.8. The van der Waals surface area contributed by atoms with Gasteiger partial charge in [0.1, 0.15) is 0 Å². The van der Waals surface area contributed by atoms with Gasteiger partial charge in [0.2, 0.25) is 0 Å². The lowest BCUT2D eigenvalue weighted by Gasteiger charge is -2.19. The Bertz CT molecular complexity index is 830. The van der Waals surface area contributed by atoms with Crippen molar-refractivity contribution in [3.63, 3.8) is 0 Å². The summed E-state index contributed by atoms with van der Waals surface area (Å²) in [5.41, 5.74) is 0.959. The first-order valence-electron chi connectivity index (χ1n) is 7.96. The lowest BCUT2D eigenvalue weighted by Crippen LogP contribution is -2.27. The molecule has 3 N–H and O–H groups in total. The van der Waals surface area contributed by atoms with E-state index in [1.165, 1.54) is 29.3 Å². The molecule has 28 heavy (non-hydrogen) atoms. The molecule has 0 aromatic heterocycles. The third-order valence-electron chi connectivity index (χ3n) is 3.57.